The Morgan fingerprint density at radius 1 is 1.45 bits per heavy atom. The Hall–Kier alpha value is -1.56. The van der Waals surface area contributed by atoms with Gasteiger partial charge in [0.1, 0.15) is 18.3 Å². The molecule has 0 saturated carbocycles. The minimum atomic E-state index is -2.81. The van der Waals surface area contributed by atoms with Crippen molar-refractivity contribution in [3.05, 3.63) is 12.7 Å². The van der Waals surface area contributed by atoms with E-state index in [1.165, 1.54) is 0 Å². The summed E-state index contributed by atoms with van der Waals surface area (Å²) in [7, 11) is 0. The van der Waals surface area contributed by atoms with Crippen molar-refractivity contribution in [2.75, 3.05) is 6.61 Å². The Morgan fingerprint density at radius 3 is 2.50 bits per heavy atom. The van der Waals surface area contributed by atoms with Gasteiger partial charge in [0.15, 0.2) is 0 Å². The molecule has 1 amide bonds. The molecular weight excluding hydrogens is 302 g/mol. The van der Waals surface area contributed by atoms with Crippen LogP contribution in [0, 0.1) is 0 Å². The van der Waals surface area contributed by atoms with Crippen molar-refractivity contribution in [2.24, 2.45) is 0 Å². The molecule has 6 atom stereocenters. The highest BCUT2D eigenvalue weighted by Crippen LogP contribution is 2.30. The molecule has 10 heteroatoms. The van der Waals surface area contributed by atoms with Gasteiger partial charge in [-0.25, -0.2) is 4.79 Å². The van der Waals surface area contributed by atoms with Gasteiger partial charge in [-0.1, -0.05) is 6.58 Å². The molecule has 126 valence electrons. The van der Waals surface area contributed by atoms with Crippen LogP contribution in [0.25, 0.3) is 0 Å². The van der Waals surface area contributed by atoms with Crippen molar-refractivity contribution in [3.8, 4) is 0 Å². The summed E-state index contributed by atoms with van der Waals surface area (Å²) in [6, 6.07) is -1.33. The van der Waals surface area contributed by atoms with Gasteiger partial charge in [0, 0.05) is 6.42 Å². The molecular formula is C12H19NO9. The number of aliphatic hydroxyl groups is 5. The number of carbonyl (C=O) groups excluding carboxylic acids is 1. The third kappa shape index (κ3) is 3.80. The standard InChI is InChI=1S/C12H19NO9/c1-2-7(17)13-8-5(15)3-12(21,11(19)20)22-10(8)9(18)6(16)4-14/h2,5-6,8-10,14-16,18,21H,1,3-4H2,(H,13,17)(H,19,20)/t5-,6?,8+,9?,10+,12-/m0/s1. The molecule has 0 aromatic carbocycles. The van der Waals surface area contributed by atoms with E-state index in [9.17, 15) is 30.0 Å². The van der Waals surface area contributed by atoms with E-state index in [1.54, 1.807) is 0 Å². The number of carboxylic acids is 1. The van der Waals surface area contributed by atoms with E-state index in [4.69, 9.17) is 14.9 Å². The molecule has 0 aromatic heterocycles. The largest absolute Gasteiger partial charge is 0.477 e. The summed E-state index contributed by atoms with van der Waals surface area (Å²) in [6.45, 7) is 2.32. The number of ether oxygens (including phenoxy) is 1. The lowest BCUT2D eigenvalue weighted by Gasteiger charge is -2.44. The molecule has 1 aliphatic rings. The summed E-state index contributed by atoms with van der Waals surface area (Å²) in [5.74, 6) is -5.37. The molecule has 0 aliphatic carbocycles. The second kappa shape index (κ2) is 7.13. The van der Waals surface area contributed by atoms with Crippen molar-refractivity contribution < 1.29 is 45.0 Å². The van der Waals surface area contributed by atoms with Gasteiger partial charge in [0.05, 0.1) is 18.8 Å². The predicted octanol–water partition coefficient (Wildman–Crippen LogP) is -3.71. The summed E-state index contributed by atoms with van der Waals surface area (Å²) >= 11 is 0. The second-order valence-electron chi connectivity index (χ2n) is 4.92. The van der Waals surface area contributed by atoms with E-state index in [2.05, 4.69) is 11.9 Å². The monoisotopic (exact) mass is 321 g/mol. The molecule has 1 fully saturated rings. The molecule has 7 N–H and O–H groups in total. The van der Waals surface area contributed by atoms with Crippen LogP contribution in [0.1, 0.15) is 6.42 Å². The van der Waals surface area contributed by atoms with Crippen LogP contribution in [-0.2, 0) is 14.3 Å². The number of rotatable bonds is 6. The van der Waals surface area contributed by atoms with Crippen LogP contribution in [0.15, 0.2) is 12.7 Å². The quantitative estimate of drug-likeness (QED) is 0.242. The normalized spacial score (nSPS) is 34.5. The number of carbonyl (C=O) groups is 2. The summed E-state index contributed by atoms with van der Waals surface area (Å²) in [6.07, 6.45) is -6.79. The van der Waals surface area contributed by atoms with Gasteiger partial charge in [-0.15, -0.1) is 0 Å². The Bertz CT molecular complexity index is 442. The third-order valence-corrected chi connectivity index (χ3v) is 3.33. The van der Waals surface area contributed by atoms with Gasteiger partial charge in [-0.05, 0) is 6.08 Å². The van der Waals surface area contributed by atoms with E-state index < -0.39 is 61.1 Å². The van der Waals surface area contributed by atoms with E-state index in [0.29, 0.717) is 0 Å². The smallest absolute Gasteiger partial charge is 0.364 e. The van der Waals surface area contributed by atoms with Crippen molar-refractivity contribution in [2.45, 2.75) is 42.7 Å². The van der Waals surface area contributed by atoms with Crippen molar-refractivity contribution >= 4 is 11.9 Å². The minimum Gasteiger partial charge on any atom is -0.477 e. The topological polar surface area (TPSA) is 177 Å². The van der Waals surface area contributed by atoms with E-state index in [-0.39, 0.29) is 0 Å². The van der Waals surface area contributed by atoms with Crippen LogP contribution in [0.2, 0.25) is 0 Å². The Balaban J connectivity index is 3.10. The molecule has 0 spiro atoms. The molecule has 10 nitrogen and oxygen atoms in total. The zero-order valence-electron chi connectivity index (χ0n) is 11.5. The number of carboxylic acid groups (broad SMARTS) is 1. The highest BCUT2D eigenvalue weighted by atomic mass is 16.7. The van der Waals surface area contributed by atoms with Crippen molar-refractivity contribution in [1.29, 1.82) is 0 Å². The summed E-state index contributed by atoms with van der Waals surface area (Å²) in [5, 5.41) is 59.2. The maximum atomic E-state index is 11.4. The number of hydrogen-bond acceptors (Lipinski definition) is 8. The highest BCUT2D eigenvalue weighted by molar-refractivity contribution is 5.87. The van der Waals surface area contributed by atoms with Crippen LogP contribution in [0.4, 0.5) is 0 Å². The highest BCUT2D eigenvalue weighted by Gasteiger charge is 2.53. The molecule has 1 heterocycles. The summed E-state index contributed by atoms with van der Waals surface area (Å²) < 4.78 is 4.87. The van der Waals surface area contributed by atoms with Gasteiger partial charge in [-0.3, -0.25) is 4.79 Å². The number of aliphatic carboxylic acids is 1. The first-order chi connectivity index (χ1) is 10.2. The van der Waals surface area contributed by atoms with Crippen molar-refractivity contribution in [1.82, 2.24) is 5.32 Å². The van der Waals surface area contributed by atoms with Gasteiger partial charge in [-0.2, -0.15) is 0 Å². The number of nitrogens with one attached hydrogen (secondary N) is 1. The van der Waals surface area contributed by atoms with Gasteiger partial charge < -0.3 is 40.7 Å². The van der Waals surface area contributed by atoms with E-state index in [0.717, 1.165) is 6.08 Å². The molecule has 2 unspecified atom stereocenters. The average Bonchev–Trinajstić information content (AvgIpc) is 2.47. The Labute approximate surface area is 125 Å². The minimum absolute atomic E-state index is 0.746. The Morgan fingerprint density at radius 2 is 2.05 bits per heavy atom. The molecule has 1 rings (SSSR count). The lowest BCUT2D eigenvalue weighted by Crippen LogP contribution is -2.67. The molecule has 0 aromatic rings. The van der Waals surface area contributed by atoms with Crippen LogP contribution in [0.3, 0.4) is 0 Å². The molecule has 1 saturated heterocycles. The van der Waals surface area contributed by atoms with Crippen LogP contribution < -0.4 is 5.32 Å². The molecule has 0 bridgehead atoms. The average molecular weight is 321 g/mol. The zero-order valence-corrected chi connectivity index (χ0v) is 11.5. The predicted molar refractivity (Wildman–Crippen MR) is 69.3 cm³/mol. The second-order valence-corrected chi connectivity index (χ2v) is 4.92. The van der Waals surface area contributed by atoms with Crippen molar-refractivity contribution in [3.63, 3.8) is 0 Å². The number of amides is 1. The molecule has 22 heavy (non-hydrogen) atoms. The van der Waals surface area contributed by atoms with E-state index in [1.807, 2.05) is 0 Å². The molecule has 0 radical (unpaired) electrons. The first-order valence-electron chi connectivity index (χ1n) is 6.38. The first-order valence-corrected chi connectivity index (χ1v) is 6.38. The summed E-state index contributed by atoms with van der Waals surface area (Å²) in [5.41, 5.74) is 0. The van der Waals surface area contributed by atoms with Gasteiger partial charge in [0.2, 0.25) is 5.91 Å². The van der Waals surface area contributed by atoms with Crippen LogP contribution in [0.5, 0.6) is 0 Å². The Kier molecular flexibility index (Phi) is 6.00. The first kappa shape index (κ1) is 18.5. The lowest BCUT2D eigenvalue weighted by molar-refractivity contribution is -0.295. The van der Waals surface area contributed by atoms with Gasteiger partial charge >= 0.3 is 5.97 Å². The zero-order chi connectivity index (χ0) is 17.1. The maximum Gasteiger partial charge on any atom is 0.364 e. The fourth-order valence-corrected chi connectivity index (χ4v) is 2.12. The summed E-state index contributed by atoms with van der Waals surface area (Å²) in [4.78, 5) is 22.4. The van der Waals surface area contributed by atoms with Crippen LogP contribution in [-0.4, -0.2) is 85.4 Å². The lowest BCUT2D eigenvalue weighted by atomic mass is 9.88. The number of hydrogen-bond donors (Lipinski definition) is 7. The fourth-order valence-electron chi connectivity index (χ4n) is 2.12. The van der Waals surface area contributed by atoms with Crippen LogP contribution >= 0.6 is 0 Å². The fraction of sp³-hybridized carbons (Fsp3) is 0.667. The number of aliphatic hydroxyl groups excluding tert-OH is 4. The SMILES string of the molecule is C=CC(=O)N[C@@H]1[C@@H](O)C[C@@](O)(C(=O)O)O[C@H]1C(O)C(O)CO. The maximum absolute atomic E-state index is 11.4. The van der Waals surface area contributed by atoms with E-state index >= 15 is 0 Å². The molecule has 1 aliphatic heterocycles. The van der Waals surface area contributed by atoms with Gasteiger partial charge in [0.25, 0.3) is 5.79 Å². The third-order valence-electron chi connectivity index (χ3n) is 3.33.